The van der Waals surface area contributed by atoms with Gasteiger partial charge in [0.05, 0.1) is 20.8 Å². The van der Waals surface area contributed by atoms with Gasteiger partial charge in [-0.05, 0) is 49.1 Å². The number of nitrogens with zero attached hydrogens (tertiary/aromatic N) is 2. The highest BCUT2D eigenvalue weighted by atomic mass is 16.5. The fourth-order valence-corrected chi connectivity index (χ4v) is 3.66. The van der Waals surface area contributed by atoms with Crippen molar-refractivity contribution in [2.75, 3.05) is 33.9 Å². The third-order valence-corrected chi connectivity index (χ3v) is 5.06. The Kier molecular flexibility index (Phi) is 5.13. The maximum absolute atomic E-state index is 12.6. The number of carbonyl (C=O) groups excluding carboxylic acids is 1. The van der Waals surface area contributed by atoms with Crippen LogP contribution in [0.3, 0.4) is 0 Å². The van der Waals surface area contributed by atoms with Gasteiger partial charge in [-0.25, -0.2) is 0 Å². The molecule has 2 heterocycles. The molecular formula is C18H24N2O5. The molecule has 0 spiro atoms. The molecule has 2 aliphatic rings. The average Bonchev–Trinajstić information content (AvgIpc) is 3.08. The fraction of sp³-hybridized carbons (Fsp3) is 0.556. The van der Waals surface area contributed by atoms with Crippen LogP contribution in [-0.2, 0) is 22.6 Å². The van der Waals surface area contributed by atoms with E-state index in [2.05, 4.69) is 0 Å². The highest BCUT2D eigenvalue weighted by Crippen LogP contribution is 2.33. The van der Waals surface area contributed by atoms with Gasteiger partial charge >= 0.3 is 5.97 Å². The number of rotatable bonds is 5. The first-order chi connectivity index (χ1) is 12.0. The molecule has 1 aromatic carbocycles. The molecule has 0 aromatic heterocycles. The number of fused-ring (bicyclic) bond motifs is 1. The summed E-state index contributed by atoms with van der Waals surface area (Å²) in [6, 6.07) is 3.35. The molecule has 136 valence electrons. The second-order valence-electron chi connectivity index (χ2n) is 6.51. The van der Waals surface area contributed by atoms with E-state index in [-0.39, 0.29) is 12.5 Å². The van der Waals surface area contributed by atoms with Crippen LogP contribution in [0.15, 0.2) is 12.1 Å². The van der Waals surface area contributed by atoms with Crippen molar-refractivity contribution in [2.45, 2.75) is 31.8 Å². The van der Waals surface area contributed by atoms with E-state index >= 15 is 0 Å². The number of methoxy groups -OCH3 is 2. The third-order valence-electron chi connectivity index (χ3n) is 5.06. The fourth-order valence-electron chi connectivity index (χ4n) is 3.66. The molecule has 1 amide bonds. The second-order valence-corrected chi connectivity index (χ2v) is 6.51. The summed E-state index contributed by atoms with van der Waals surface area (Å²) in [4.78, 5) is 27.5. The smallest absolute Gasteiger partial charge is 0.320 e. The molecule has 1 aromatic rings. The van der Waals surface area contributed by atoms with Crippen LogP contribution in [0.1, 0.15) is 24.0 Å². The molecule has 7 nitrogen and oxygen atoms in total. The Morgan fingerprint density at radius 1 is 1.16 bits per heavy atom. The quantitative estimate of drug-likeness (QED) is 0.860. The first-order valence-corrected chi connectivity index (χ1v) is 8.52. The number of hydrogen-bond donors (Lipinski definition) is 1. The molecule has 1 atom stereocenters. The van der Waals surface area contributed by atoms with Crippen molar-refractivity contribution in [3.8, 4) is 11.5 Å². The van der Waals surface area contributed by atoms with E-state index in [1.807, 2.05) is 12.1 Å². The second kappa shape index (κ2) is 7.31. The Morgan fingerprint density at radius 3 is 2.48 bits per heavy atom. The van der Waals surface area contributed by atoms with Gasteiger partial charge in [-0.1, -0.05) is 0 Å². The van der Waals surface area contributed by atoms with Gasteiger partial charge < -0.3 is 19.5 Å². The first-order valence-electron chi connectivity index (χ1n) is 8.52. The molecule has 0 radical (unpaired) electrons. The lowest BCUT2D eigenvalue weighted by Crippen LogP contribution is -2.46. The van der Waals surface area contributed by atoms with E-state index in [4.69, 9.17) is 9.47 Å². The summed E-state index contributed by atoms with van der Waals surface area (Å²) in [6.07, 6.45) is 2.19. The van der Waals surface area contributed by atoms with Crippen molar-refractivity contribution >= 4 is 11.9 Å². The molecule has 0 bridgehead atoms. The molecule has 1 N–H and O–H groups in total. The Hall–Kier alpha value is -2.28. The summed E-state index contributed by atoms with van der Waals surface area (Å²) >= 11 is 0. The van der Waals surface area contributed by atoms with Gasteiger partial charge in [0, 0.05) is 13.1 Å². The highest BCUT2D eigenvalue weighted by molar-refractivity contribution is 5.80. The first kappa shape index (κ1) is 17.5. The van der Waals surface area contributed by atoms with Crippen molar-refractivity contribution in [3.63, 3.8) is 0 Å². The Morgan fingerprint density at radius 2 is 1.84 bits per heavy atom. The lowest BCUT2D eigenvalue weighted by Gasteiger charge is -2.31. The van der Waals surface area contributed by atoms with Crippen LogP contribution in [0, 0.1) is 0 Å². The van der Waals surface area contributed by atoms with E-state index in [0.717, 1.165) is 24.0 Å². The minimum absolute atomic E-state index is 0.0198. The van der Waals surface area contributed by atoms with Gasteiger partial charge in [-0.15, -0.1) is 0 Å². The molecule has 0 aliphatic carbocycles. The molecule has 2 aliphatic heterocycles. The van der Waals surface area contributed by atoms with Crippen LogP contribution in [-0.4, -0.2) is 66.7 Å². The van der Waals surface area contributed by atoms with Gasteiger partial charge in [0.15, 0.2) is 11.5 Å². The van der Waals surface area contributed by atoms with E-state index in [0.29, 0.717) is 37.6 Å². The molecule has 3 rings (SSSR count). The molecular weight excluding hydrogens is 324 g/mol. The maximum Gasteiger partial charge on any atom is 0.320 e. The number of amides is 1. The zero-order valence-corrected chi connectivity index (χ0v) is 14.7. The summed E-state index contributed by atoms with van der Waals surface area (Å²) in [5.41, 5.74) is 2.21. The maximum atomic E-state index is 12.6. The molecule has 25 heavy (non-hydrogen) atoms. The third kappa shape index (κ3) is 3.56. The summed E-state index contributed by atoms with van der Waals surface area (Å²) < 4.78 is 10.7. The van der Waals surface area contributed by atoms with Crippen LogP contribution in [0.2, 0.25) is 0 Å². The molecule has 0 saturated carbocycles. The lowest BCUT2D eigenvalue weighted by atomic mass is 9.98. The number of hydrogen-bond acceptors (Lipinski definition) is 5. The minimum Gasteiger partial charge on any atom is -0.493 e. The molecule has 1 fully saturated rings. The highest BCUT2D eigenvalue weighted by Gasteiger charge is 2.33. The minimum atomic E-state index is -0.842. The van der Waals surface area contributed by atoms with E-state index in [1.54, 1.807) is 24.0 Å². The van der Waals surface area contributed by atoms with Crippen LogP contribution >= 0.6 is 0 Å². The van der Waals surface area contributed by atoms with Gasteiger partial charge in [0.25, 0.3) is 0 Å². The number of likely N-dealkylation sites (tertiary alicyclic amines) is 1. The van der Waals surface area contributed by atoms with Gasteiger partial charge in [-0.2, -0.15) is 0 Å². The Balaban J connectivity index is 1.69. The monoisotopic (exact) mass is 348 g/mol. The zero-order valence-electron chi connectivity index (χ0n) is 14.7. The van der Waals surface area contributed by atoms with Gasteiger partial charge in [0.2, 0.25) is 5.91 Å². The topological polar surface area (TPSA) is 79.3 Å². The molecule has 0 unspecified atom stereocenters. The van der Waals surface area contributed by atoms with Crippen molar-refractivity contribution in [1.82, 2.24) is 9.80 Å². The van der Waals surface area contributed by atoms with Gasteiger partial charge in [0.1, 0.15) is 6.04 Å². The predicted octanol–water partition coefficient (Wildman–Crippen LogP) is 1.14. The summed E-state index contributed by atoms with van der Waals surface area (Å²) in [7, 11) is 3.20. The zero-order chi connectivity index (χ0) is 18.0. The SMILES string of the molecule is COc1cc2c(cc1OC)CN(C(=O)CN1CCC[C@H]1C(=O)O)CC2. The van der Waals surface area contributed by atoms with Crippen molar-refractivity contribution < 1.29 is 24.2 Å². The number of carbonyl (C=O) groups is 2. The van der Waals surface area contributed by atoms with Crippen LogP contribution in [0.4, 0.5) is 0 Å². The lowest BCUT2D eigenvalue weighted by molar-refractivity contribution is -0.143. The van der Waals surface area contributed by atoms with Crippen LogP contribution < -0.4 is 9.47 Å². The van der Waals surface area contributed by atoms with Crippen molar-refractivity contribution in [2.24, 2.45) is 0 Å². The van der Waals surface area contributed by atoms with Gasteiger partial charge in [-0.3, -0.25) is 14.5 Å². The van der Waals surface area contributed by atoms with Crippen LogP contribution in [0.25, 0.3) is 0 Å². The van der Waals surface area contributed by atoms with Crippen molar-refractivity contribution in [1.29, 1.82) is 0 Å². The largest absolute Gasteiger partial charge is 0.493 e. The number of benzene rings is 1. The number of carboxylic acid groups (broad SMARTS) is 1. The van der Waals surface area contributed by atoms with Crippen LogP contribution in [0.5, 0.6) is 11.5 Å². The van der Waals surface area contributed by atoms with E-state index in [9.17, 15) is 14.7 Å². The molecule has 7 heteroatoms. The Bertz CT molecular complexity index is 676. The number of ether oxygens (including phenoxy) is 2. The van der Waals surface area contributed by atoms with Crippen molar-refractivity contribution in [3.05, 3.63) is 23.3 Å². The number of aliphatic carboxylic acids is 1. The summed E-state index contributed by atoms with van der Waals surface area (Å²) in [6.45, 7) is 1.98. The summed E-state index contributed by atoms with van der Waals surface area (Å²) in [5.74, 6) is 0.489. The van der Waals surface area contributed by atoms with E-state index < -0.39 is 12.0 Å². The standard InChI is InChI=1S/C18H24N2O5/c1-24-15-8-12-5-7-20(10-13(12)9-16(15)25-2)17(21)11-19-6-3-4-14(19)18(22)23/h8-9,14H,3-7,10-11H2,1-2H3,(H,22,23)/t14-/m0/s1. The predicted molar refractivity (Wildman–Crippen MR) is 90.9 cm³/mol. The van der Waals surface area contributed by atoms with E-state index in [1.165, 1.54) is 0 Å². The normalized spacial score (nSPS) is 20.2. The Labute approximate surface area is 147 Å². The summed E-state index contributed by atoms with van der Waals surface area (Å²) in [5, 5.41) is 9.25. The number of carboxylic acids is 1. The molecule has 1 saturated heterocycles. The average molecular weight is 348 g/mol.